The fraction of sp³-hybridized carbons (Fsp3) is 0.263. The highest BCUT2D eigenvalue weighted by atomic mass is 19.1. The van der Waals surface area contributed by atoms with E-state index in [1.165, 1.54) is 13.2 Å². The first-order valence-electron chi connectivity index (χ1n) is 8.57. The predicted octanol–water partition coefficient (Wildman–Crippen LogP) is 1.93. The molecule has 1 N–H and O–H groups in total. The Balaban J connectivity index is 1.55. The molecule has 0 spiro atoms. The predicted molar refractivity (Wildman–Crippen MR) is 96.7 cm³/mol. The number of hydrogen-bond donors (Lipinski definition) is 1. The van der Waals surface area contributed by atoms with Crippen molar-refractivity contribution in [2.24, 2.45) is 0 Å². The summed E-state index contributed by atoms with van der Waals surface area (Å²) < 4.78 is 18.7. The molecule has 4 rings (SSSR count). The minimum Gasteiger partial charge on any atom is -0.479 e. The zero-order valence-corrected chi connectivity index (χ0v) is 14.8. The molecular formula is C19H18FN5O2. The molecule has 4 heterocycles. The van der Waals surface area contributed by atoms with Gasteiger partial charge in [-0.2, -0.15) is 0 Å². The van der Waals surface area contributed by atoms with Gasteiger partial charge < -0.3 is 9.72 Å². The topological polar surface area (TPSA) is 84.0 Å². The van der Waals surface area contributed by atoms with E-state index in [0.29, 0.717) is 30.9 Å². The van der Waals surface area contributed by atoms with Crippen LogP contribution in [0.15, 0.2) is 41.6 Å². The lowest BCUT2D eigenvalue weighted by Gasteiger charge is -2.27. The maximum atomic E-state index is 13.8. The molecule has 7 nitrogen and oxygen atoms in total. The van der Waals surface area contributed by atoms with Gasteiger partial charge in [0.15, 0.2) is 5.82 Å². The third-order valence-electron chi connectivity index (χ3n) is 4.55. The largest absolute Gasteiger partial charge is 0.479 e. The Bertz CT molecular complexity index is 1020. The van der Waals surface area contributed by atoms with Gasteiger partial charge in [0, 0.05) is 50.2 Å². The molecule has 0 atom stereocenters. The van der Waals surface area contributed by atoms with E-state index in [2.05, 4.69) is 24.8 Å². The van der Waals surface area contributed by atoms with Crippen molar-refractivity contribution in [3.8, 4) is 17.3 Å². The molecule has 0 radical (unpaired) electrons. The van der Waals surface area contributed by atoms with Crippen LogP contribution in [0.4, 0.5) is 4.39 Å². The van der Waals surface area contributed by atoms with Gasteiger partial charge in [-0.3, -0.25) is 14.7 Å². The van der Waals surface area contributed by atoms with E-state index in [9.17, 15) is 9.18 Å². The van der Waals surface area contributed by atoms with Crippen molar-refractivity contribution in [2.45, 2.75) is 19.5 Å². The SMILES string of the molecule is COc1ncc(CN2CCc3nc(-c4cccnc4)[nH]c(=O)c3C2)cc1F. The number of aromatic nitrogens is 4. The second kappa shape index (κ2) is 7.24. The molecule has 0 amide bonds. The summed E-state index contributed by atoms with van der Waals surface area (Å²) in [5.41, 5.74) is 2.80. The minimum atomic E-state index is -0.493. The minimum absolute atomic E-state index is 0.0219. The lowest BCUT2D eigenvalue weighted by molar-refractivity contribution is 0.241. The standard InChI is InChI=1S/C19H18FN5O2/c1-27-19-15(20)7-12(8-22-19)10-25-6-4-16-14(11-25)18(26)24-17(23-16)13-3-2-5-21-9-13/h2-3,5,7-9H,4,6,10-11H2,1H3,(H,23,24,26). The highest BCUT2D eigenvalue weighted by molar-refractivity contribution is 5.53. The fourth-order valence-electron chi connectivity index (χ4n) is 3.22. The number of rotatable bonds is 4. The Morgan fingerprint density at radius 2 is 2.26 bits per heavy atom. The van der Waals surface area contributed by atoms with E-state index in [1.807, 2.05) is 6.07 Å². The van der Waals surface area contributed by atoms with Crippen LogP contribution in [0.5, 0.6) is 5.88 Å². The first-order chi connectivity index (χ1) is 13.1. The molecule has 0 unspecified atom stereocenters. The van der Waals surface area contributed by atoms with Gasteiger partial charge in [0.2, 0.25) is 5.88 Å². The molecule has 1 aliphatic heterocycles. The molecule has 0 aromatic carbocycles. The number of ether oxygens (including phenoxy) is 1. The highest BCUT2D eigenvalue weighted by Crippen LogP contribution is 2.20. The molecule has 0 saturated heterocycles. The number of pyridine rings is 2. The number of halogens is 1. The zero-order chi connectivity index (χ0) is 18.8. The number of fused-ring (bicyclic) bond motifs is 1. The van der Waals surface area contributed by atoms with E-state index in [0.717, 1.165) is 23.4 Å². The molecule has 138 valence electrons. The second-order valence-electron chi connectivity index (χ2n) is 6.38. The maximum Gasteiger partial charge on any atom is 0.255 e. The fourth-order valence-corrected chi connectivity index (χ4v) is 3.22. The molecular weight excluding hydrogens is 349 g/mol. The smallest absolute Gasteiger partial charge is 0.255 e. The van der Waals surface area contributed by atoms with Gasteiger partial charge in [-0.15, -0.1) is 0 Å². The van der Waals surface area contributed by atoms with Crippen molar-refractivity contribution in [1.29, 1.82) is 0 Å². The summed E-state index contributed by atoms with van der Waals surface area (Å²) in [5, 5.41) is 0. The van der Waals surface area contributed by atoms with Crippen molar-refractivity contribution in [1.82, 2.24) is 24.8 Å². The number of methoxy groups -OCH3 is 1. The second-order valence-corrected chi connectivity index (χ2v) is 6.38. The number of hydrogen-bond acceptors (Lipinski definition) is 6. The van der Waals surface area contributed by atoms with Crippen LogP contribution in [0.25, 0.3) is 11.4 Å². The van der Waals surface area contributed by atoms with Crippen LogP contribution in [0.1, 0.15) is 16.8 Å². The lowest BCUT2D eigenvalue weighted by Crippen LogP contribution is -2.35. The summed E-state index contributed by atoms with van der Waals surface area (Å²) >= 11 is 0. The third-order valence-corrected chi connectivity index (χ3v) is 4.55. The van der Waals surface area contributed by atoms with Crippen LogP contribution in [0, 0.1) is 5.82 Å². The van der Waals surface area contributed by atoms with E-state index in [1.54, 1.807) is 24.7 Å². The summed E-state index contributed by atoms with van der Waals surface area (Å²) in [6.45, 7) is 1.68. The van der Waals surface area contributed by atoms with Gasteiger partial charge in [-0.05, 0) is 23.8 Å². The summed E-state index contributed by atoms with van der Waals surface area (Å²) in [4.78, 5) is 30.1. The number of H-pyrrole nitrogens is 1. The Labute approximate surface area is 154 Å². The summed E-state index contributed by atoms with van der Waals surface area (Å²) in [5.74, 6) is 0.0149. The Morgan fingerprint density at radius 3 is 3.00 bits per heavy atom. The molecule has 27 heavy (non-hydrogen) atoms. The monoisotopic (exact) mass is 367 g/mol. The molecule has 0 aliphatic carbocycles. The summed E-state index contributed by atoms with van der Waals surface area (Å²) in [6.07, 6.45) is 5.59. The quantitative estimate of drug-likeness (QED) is 0.759. The highest BCUT2D eigenvalue weighted by Gasteiger charge is 2.22. The van der Waals surface area contributed by atoms with Crippen molar-refractivity contribution < 1.29 is 9.13 Å². The first kappa shape index (κ1) is 17.3. The average molecular weight is 367 g/mol. The summed E-state index contributed by atoms with van der Waals surface area (Å²) in [6, 6.07) is 5.08. The van der Waals surface area contributed by atoms with Crippen LogP contribution < -0.4 is 10.3 Å². The van der Waals surface area contributed by atoms with E-state index in [4.69, 9.17) is 4.74 Å². The molecule has 0 saturated carbocycles. The Morgan fingerprint density at radius 1 is 1.37 bits per heavy atom. The van der Waals surface area contributed by atoms with Crippen molar-refractivity contribution in [3.63, 3.8) is 0 Å². The summed E-state index contributed by atoms with van der Waals surface area (Å²) in [7, 11) is 1.38. The van der Waals surface area contributed by atoms with Crippen molar-refractivity contribution in [2.75, 3.05) is 13.7 Å². The third kappa shape index (κ3) is 3.56. The van der Waals surface area contributed by atoms with Gasteiger partial charge in [-0.25, -0.2) is 14.4 Å². The van der Waals surface area contributed by atoms with Gasteiger partial charge >= 0.3 is 0 Å². The van der Waals surface area contributed by atoms with E-state index in [-0.39, 0.29) is 11.4 Å². The van der Waals surface area contributed by atoms with Crippen LogP contribution in [0.2, 0.25) is 0 Å². The zero-order valence-electron chi connectivity index (χ0n) is 14.8. The maximum absolute atomic E-state index is 13.8. The Hall–Kier alpha value is -3.13. The van der Waals surface area contributed by atoms with Crippen molar-refractivity contribution >= 4 is 0 Å². The van der Waals surface area contributed by atoms with Crippen LogP contribution >= 0.6 is 0 Å². The van der Waals surface area contributed by atoms with Crippen molar-refractivity contribution in [3.05, 3.63) is 69.8 Å². The number of nitrogens with one attached hydrogen (secondary N) is 1. The Kier molecular flexibility index (Phi) is 4.64. The molecule has 3 aromatic heterocycles. The lowest BCUT2D eigenvalue weighted by atomic mass is 10.1. The van der Waals surface area contributed by atoms with Gasteiger partial charge in [0.1, 0.15) is 5.82 Å². The van der Waals surface area contributed by atoms with Crippen LogP contribution in [0.3, 0.4) is 0 Å². The molecule has 0 bridgehead atoms. The number of aromatic amines is 1. The van der Waals surface area contributed by atoms with Gasteiger partial charge in [-0.1, -0.05) is 0 Å². The molecule has 1 aliphatic rings. The van der Waals surface area contributed by atoms with E-state index < -0.39 is 5.82 Å². The van der Waals surface area contributed by atoms with Crippen LogP contribution in [-0.4, -0.2) is 38.5 Å². The molecule has 3 aromatic rings. The normalized spacial score (nSPS) is 14.0. The number of nitrogens with zero attached hydrogens (tertiary/aromatic N) is 4. The molecule has 0 fully saturated rings. The van der Waals surface area contributed by atoms with Gasteiger partial charge in [0.25, 0.3) is 5.56 Å². The average Bonchev–Trinajstić information content (AvgIpc) is 2.69. The molecule has 8 heteroatoms. The van der Waals surface area contributed by atoms with E-state index >= 15 is 0 Å². The first-order valence-corrected chi connectivity index (χ1v) is 8.57. The van der Waals surface area contributed by atoms with Crippen LogP contribution in [-0.2, 0) is 19.5 Å². The van der Waals surface area contributed by atoms with Gasteiger partial charge in [0.05, 0.1) is 18.4 Å².